The lowest BCUT2D eigenvalue weighted by Crippen LogP contribution is -2.26. The Hall–Kier alpha value is -4.07. The molecule has 0 bridgehead atoms. The monoisotopic (exact) mass is 474 g/mol. The lowest BCUT2D eigenvalue weighted by molar-refractivity contribution is -0.116. The van der Waals surface area contributed by atoms with Crippen LogP contribution in [0.3, 0.4) is 0 Å². The Morgan fingerprint density at radius 2 is 1.74 bits per heavy atom. The summed E-state index contributed by atoms with van der Waals surface area (Å²) in [4.78, 5) is 26.0. The van der Waals surface area contributed by atoms with Gasteiger partial charge in [-0.25, -0.2) is 0 Å². The molecule has 0 spiro atoms. The number of hydrogen-bond donors (Lipinski definition) is 1. The smallest absolute Gasteiger partial charge is 0.277 e. The third-order valence-electron chi connectivity index (χ3n) is 6.37. The first-order valence-electron chi connectivity index (χ1n) is 11.4. The van der Waals surface area contributed by atoms with Crippen LogP contribution in [0.25, 0.3) is 16.9 Å². The van der Waals surface area contributed by atoms with Crippen molar-refractivity contribution in [1.82, 2.24) is 14.2 Å². The average molecular weight is 475 g/mol. The molecular weight excluding hydrogens is 444 g/mol. The number of carbonyl (C=O) groups excluding carboxylic acids is 1. The Balaban J connectivity index is 1.63. The van der Waals surface area contributed by atoms with Crippen LogP contribution in [0.5, 0.6) is 11.5 Å². The Kier molecular flexibility index (Phi) is 6.64. The molecule has 0 aliphatic carbocycles. The molecule has 4 aromatic rings. The van der Waals surface area contributed by atoms with Crippen molar-refractivity contribution in [2.75, 3.05) is 19.5 Å². The number of rotatable bonds is 7. The third-order valence-corrected chi connectivity index (χ3v) is 6.37. The quantitative estimate of drug-likeness (QED) is 0.434. The van der Waals surface area contributed by atoms with E-state index < -0.39 is 0 Å². The van der Waals surface area contributed by atoms with Crippen LogP contribution in [0.2, 0.25) is 0 Å². The highest BCUT2D eigenvalue weighted by Crippen LogP contribution is 2.32. The van der Waals surface area contributed by atoms with Gasteiger partial charge in [0, 0.05) is 42.0 Å². The number of benzene rings is 2. The highest BCUT2D eigenvalue weighted by molar-refractivity contribution is 5.91. The van der Waals surface area contributed by atoms with E-state index >= 15 is 0 Å². The molecule has 2 aromatic carbocycles. The van der Waals surface area contributed by atoms with Crippen LogP contribution in [-0.4, -0.2) is 34.3 Å². The average Bonchev–Trinajstić information content (AvgIpc) is 3.30. The van der Waals surface area contributed by atoms with Crippen LogP contribution in [0.1, 0.15) is 28.8 Å². The first-order valence-corrected chi connectivity index (χ1v) is 11.4. The van der Waals surface area contributed by atoms with Gasteiger partial charge in [-0.3, -0.25) is 9.59 Å². The van der Waals surface area contributed by atoms with Gasteiger partial charge in [0.1, 0.15) is 5.65 Å². The first-order chi connectivity index (χ1) is 16.7. The van der Waals surface area contributed by atoms with Gasteiger partial charge in [0.25, 0.3) is 5.56 Å². The molecule has 4 rings (SSSR count). The predicted octanol–water partition coefficient (Wildman–Crippen LogP) is 4.21. The summed E-state index contributed by atoms with van der Waals surface area (Å²) >= 11 is 0. The van der Waals surface area contributed by atoms with Gasteiger partial charge >= 0.3 is 0 Å². The van der Waals surface area contributed by atoms with E-state index in [2.05, 4.69) is 10.4 Å². The number of amides is 1. The standard InChI is InChI=1S/C27H30N4O4/c1-16-7-8-17(2)21(13-16)28-25(32)12-10-20-18(3)30(4)26-15-22(29-31(26)27(20)33)19-9-11-23(34-5)24(14-19)35-6/h7-9,11,13-15H,10,12H2,1-6H3,(H,28,32). The molecule has 0 aliphatic heterocycles. The number of hydrogen-bond acceptors (Lipinski definition) is 5. The van der Waals surface area contributed by atoms with Crippen molar-refractivity contribution in [1.29, 1.82) is 0 Å². The maximum Gasteiger partial charge on any atom is 0.277 e. The van der Waals surface area contributed by atoms with Gasteiger partial charge in [-0.2, -0.15) is 9.61 Å². The molecule has 2 heterocycles. The molecule has 0 atom stereocenters. The molecule has 0 saturated heterocycles. The molecule has 0 fully saturated rings. The minimum Gasteiger partial charge on any atom is -0.493 e. The van der Waals surface area contributed by atoms with Gasteiger partial charge in [-0.1, -0.05) is 12.1 Å². The van der Waals surface area contributed by atoms with E-state index in [4.69, 9.17) is 9.47 Å². The Bertz CT molecular complexity index is 1480. The molecular formula is C27H30N4O4. The lowest BCUT2D eigenvalue weighted by Gasteiger charge is -2.13. The minimum atomic E-state index is -0.220. The van der Waals surface area contributed by atoms with E-state index in [0.717, 1.165) is 28.1 Å². The zero-order valence-corrected chi connectivity index (χ0v) is 20.9. The van der Waals surface area contributed by atoms with Crippen LogP contribution in [-0.2, 0) is 18.3 Å². The summed E-state index contributed by atoms with van der Waals surface area (Å²) in [7, 11) is 5.05. The molecule has 0 aliphatic rings. The number of nitrogens with zero attached hydrogens (tertiary/aromatic N) is 3. The summed E-state index contributed by atoms with van der Waals surface area (Å²) in [6.07, 6.45) is 0.509. The Morgan fingerprint density at radius 1 is 1.00 bits per heavy atom. The first kappa shape index (κ1) is 24.1. The number of fused-ring (bicyclic) bond motifs is 1. The van der Waals surface area contributed by atoms with E-state index in [1.165, 1.54) is 4.52 Å². The number of aromatic nitrogens is 3. The molecule has 0 saturated carbocycles. The number of ether oxygens (including phenoxy) is 2. The Morgan fingerprint density at radius 3 is 2.46 bits per heavy atom. The maximum atomic E-state index is 13.4. The molecule has 182 valence electrons. The number of anilines is 1. The normalized spacial score (nSPS) is 11.0. The van der Waals surface area contributed by atoms with Crippen molar-refractivity contribution in [2.45, 2.75) is 33.6 Å². The van der Waals surface area contributed by atoms with Gasteiger partial charge in [-0.15, -0.1) is 0 Å². The van der Waals surface area contributed by atoms with Crippen molar-refractivity contribution < 1.29 is 14.3 Å². The summed E-state index contributed by atoms with van der Waals surface area (Å²) < 4.78 is 14.0. The summed E-state index contributed by atoms with van der Waals surface area (Å²) in [5.74, 6) is 1.07. The summed E-state index contributed by atoms with van der Waals surface area (Å²) in [6, 6.07) is 13.3. The van der Waals surface area contributed by atoms with Crippen molar-refractivity contribution in [2.24, 2.45) is 7.05 Å². The van der Waals surface area contributed by atoms with E-state index in [9.17, 15) is 9.59 Å². The SMILES string of the molecule is COc1ccc(-c2cc3n(C)c(C)c(CCC(=O)Nc4cc(C)ccc4C)c(=O)n3n2)cc1OC. The largest absolute Gasteiger partial charge is 0.493 e. The fourth-order valence-corrected chi connectivity index (χ4v) is 4.16. The molecule has 35 heavy (non-hydrogen) atoms. The fraction of sp³-hybridized carbons (Fsp3) is 0.296. The van der Waals surface area contributed by atoms with E-state index in [1.807, 2.05) is 74.9 Å². The van der Waals surface area contributed by atoms with Crippen LogP contribution in [0.4, 0.5) is 5.69 Å². The highest BCUT2D eigenvalue weighted by Gasteiger charge is 2.18. The summed E-state index contributed by atoms with van der Waals surface area (Å²) in [5.41, 5.74) is 6.13. The van der Waals surface area contributed by atoms with E-state index in [-0.39, 0.29) is 17.9 Å². The number of aryl methyl sites for hydroxylation is 3. The van der Waals surface area contributed by atoms with Crippen molar-refractivity contribution in [3.8, 4) is 22.8 Å². The second-order valence-electron chi connectivity index (χ2n) is 8.66. The zero-order chi connectivity index (χ0) is 25.3. The van der Waals surface area contributed by atoms with Gasteiger partial charge in [-0.05, 0) is 62.6 Å². The lowest BCUT2D eigenvalue weighted by atomic mass is 10.1. The molecule has 8 heteroatoms. The Labute approximate surface area is 204 Å². The van der Waals surface area contributed by atoms with Crippen molar-refractivity contribution in [3.05, 3.63) is 75.2 Å². The maximum absolute atomic E-state index is 13.4. The van der Waals surface area contributed by atoms with Gasteiger partial charge in [0.2, 0.25) is 5.91 Å². The minimum absolute atomic E-state index is 0.133. The van der Waals surface area contributed by atoms with Crippen LogP contribution in [0, 0.1) is 20.8 Å². The highest BCUT2D eigenvalue weighted by atomic mass is 16.5. The molecule has 1 amide bonds. The molecule has 0 radical (unpaired) electrons. The van der Waals surface area contributed by atoms with Gasteiger partial charge in [0.15, 0.2) is 11.5 Å². The molecule has 0 unspecified atom stereocenters. The number of nitrogens with one attached hydrogen (secondary N) is 1. The summed E-state index contributed by atoms with van der Waals surface area (Å²) in [6.45, 7) is 5.83. The van der Waals surface area contributed by atoms with Crippen LogP contribution >= 0.6 is 0 Å². The fourth-order valence-electron chi connectivity index (χ4n) is 4.16. The topological polar surface area (TPSA) is 86.9 Å². The molecule has 8 nitrogen and oxygen atoms in total. The second kappa shape index (κ2) is 9.66. The number of carbonyl (C=O) groups is 1. The summed E-state index contributed by atoms with van der Waals surface area (Å²) in [5, 5.41) is 7.54. The van der Waals surface area contributed by atoms with Crippen LogP contribution in [0.15, 0.2) is 47.3 Å². The molecule has 1 N–H and O–H groups in total. The second-order valence-corrected chi connectivity index (χ2v) is 8.66. The van der Waals surface area contributed by atoms with Crippen LogP contribution < -0.4 is 20.3 Å². The predicted molar refractivity (Wildman–Crippen MR) is 137 cm³/mol. The van der Waals surface area contributed by atoms with Gasteiger partial charge in [0.05, 0.1) is 19.9 Å². The third kappa shape index (κ3) is 4.64. The number of methoxy groups -OCH3 is 2. The van der Waals surface area contributed by atoms with E-state index in [1.54, 1.807) is 14.2 Å². The van der Waals surface area contributed by atoms with Crippen molar-refractivity contribution >= 4 is 17.2 Å². The van der Waals surface area contributed by atoms with Crippen molar-refractivity contribution in [3.63, 3.8) is 0 Å². The molecule has 2 aromatic heterocycles. The van der Waals surface area contributed by atoms with E-state index in [0.29, 0.717) is 34.8 Å². The zero-order valence-electron chi connectivity index (χ0n) is 20.9. The van der Waals surface area contributed by atoms with Gasteiger partial charge < -0.3 is 19.4 Å².